The fraction of sp³-hybridized carbons (Fsp3) is 0.421. The van der Waals surface area contributed by atoms with Crippen molar-refractivity contribution in [3.63, 3.8) is 0 Å². The number of carbonyl (C=O) groups excluding carboxylic acids is 2. The first kappa shape index (κ1) is 19.2. The zero-order valence-electron chi connectivity index (χ0n) is 15.2. The Morgan fingerprint density at radius 3 is 2.74 bits per heavy atom. The summed E-state index contributed by atoms with van der Waals surface area (Å²) in [6.07, 6.45) is 5.53. The van der Waals surface area contributed by atoms with Crippen molar-refractivity contribution in [2.24, 2.45) is 5.73 Å². The lowest BCUT2D eigenvalue weighted by atomic mass is 10.1. The molecule has 1 saturated heterocycles. The SMILES string of the molecule is NC(=O)NC(CC(=O)NCc1cccnc1N1CCCCC1)c1cccs1. The summed E-state index contributed by atoms with van der Waals surface area (Å²) in [5.41, 5.74) is 6.25. The summed E-state index contributed by atoms with van der Waals surface area (Å²) in [5, 5.41) is 7.50. The van der Waals surface area contributed by atoms with Crippen LogP contribution in [0.4, 0.5) is 10.6 Å². The average molecular weight is 388 g/mol. The van der Waals surface area contributed by atoms with Crippen LogP contribution in [0.15, 0.2) is 35.8 Å². The van der Waals surface area contributed by atoms with Gasteiger partial charge in [0.1, 0.15) is 5.82 Å². The van der Waals surface area contributed by atoms with Gasteiger partial charge in [-0.25, -0.2) is 9.78 Å². The minimum atomic E-state index is -0.638. The molecule has 0 aromatic carbocycles. The van der Waals surface area contributed by atoms with Gasteiger partial charge in [-0.05, 0) is 36.8 Å². The van der Waals surface area contributed by atoms with Crippen molar-refractivity contribution in [3.8, 4) is 0 Å². The maximum atomic E-state index is 12.5. The van der Waals surface area contributed by atoms with Crippen LogP contribution in [0.1, 0.15) is 42.2 Å². The van der Waals surface area contributed by atoms with E-state index in [0.717, 1.165) is 29.3 Å². The van der Waals surface area contributed by atoms with Crippen LogP contribution < -0.4 is 21.3 Å². The summed E-state index contributed by atoms with van der Waals surface area (Å²) in [6, 6.07) is 6.59. The number of aromatic nitrogens is 1. The minimum Gasteiger partial charge on any atom is -0.356 e. The van der Waals surface area contributed by atoms with Crippen molar-refractivity contribution in [3.05, 3.63) is 46.3 Å². The molecule has 7 nitrogen and oxygen atoms in total. The second-order valence-electron chi connectivity index (χ2n) is 6.59. The molecule has 2 aromatic heterocycles. The number of piperidine rings is 1. The highest BCUT2D eigenvalue weighted by Crippen LogP contribution is 2.23. The Labute approximate surface area is 163 Å². The number of nitrogens with two attached hydrogens (primary N) is 1. The smallest absolute Gasteiger partial charge is 0.312 e. The fourth-order valence-electron chi connectivity index (χ4n) is 3.29. The van der Waals surface area contributed by atoms with Gasteiger partial charge < -0.3 is 21.3 Å². The number of carbonyl (C=O) groups is 2. The third-order valence-electron chi connectivity index (χ3n) is 4.59. The second kappa shape index (κ2) is 9.36. The molecule has 1 aliphatic heterocycles. The number of nitrogens with zero attached hydrogens (tertiary/aromatic N) is 2. The first-order valence-electron chi connectivity index (χ1n) is 9.18. The monoisotopic (exact) mass is 387 g/mol. The molecule has 8 heteroatoms. The van der Waals surface area contributed by atoms with E-state index in [1.54, 1.807) is 6.20 Å². The largest absolute Gasteiger partial charge is 0.356 e. The molecule has 1 atom stereocenters. The lowest BCUT2D eigenvalue weighted by Crippen LogP contribution is -2.36. The topological polar surface area (TPSA) is 100 Å². The van der Waals surface area contributed by atoms with Gasteiger partial charge >= 0.3 is 6.03 Å². The number of nitrogens with one attached hydrogen (secondary N) is 2. The summed E-state index contributed by atoms with van der Waals surface area (Å²) in [6.45, 7) is 2.41. The summed E-state index contributed by atoms with van der Waals surface area (Å²) in [5.74, 6) is 0.804. The molecule has 1 fully saturated rings. The summed E-state index contributed by atoms with van der Waals surface area (Å²) in [4.78, 5) is 31.4. The Morgan fingerprint density at radius 1 is 1.22 bits per heavy atom. The number of primary amides is 1. The number of hydrogen-bond acceptors (Lipinski definition) is 5. The molecular weight excluding hydrogens is 362 g/mol. The first-order valence-corrected chi connectivity index (χ1v) is 10.1. The van der Waals surface area contributed by atoms with Crippen molar-refractivity contribution < 1.29 is 9.59 Å². The Hall–Kier alpha value is -2.61. The molecule has 4 N–H and O–H groups in total. The van der Waals surface area contributed by atoms with Crippen LogP contribution in [0, 0.1) is 0 Å². The number of rotatable bonds is 7. The van der Waals surface area contributed by atoms with Gasteiger partial charge in [0.05, 0.1) is 12.5 Å². The first-order chi connectivity index (χ1) is 13.1. The highest BCUT2D eigenvalue weighted by Gasteiger charge is 2.19. The number of pyridine rings is 1. The molecular formula is C19H25N5O2S. The predicted octanol–water partition coefficient (Wildman–Crippen LogP) is 2.55. The number of hydrogen-bond donors (Lipinski definition) is 3. The highest BCUT2D eigenvalue weighted by molar-refractivity contribution is 7.10. The van der Waals surface area contributed by atoms with Crippen LogP contribution in [0.5, 0.6) is 0 Å². The minimum absolute atomic E-state index is 0.142. The maximum Gasteiger partial charge on any atom is 0.312 e. The predicted molar refractivity (Wildman–Crippen MR) is 107 cm³/mol. The van der Waals surface area contributed by atoms with Crippen molar-refractivity contribution in [1.82, 2.24) is 15.6 Å². The lowest BCUT2D eigenvalue weighted by molar-refractivity contribution is -0.121. The van der Waals surface area contributed by atoms with Gasteiger partial charge in [-0.1, -0.05) is 12.1 Å². The van der Waals surface area contributed by atoms with E-state index in [2.05, 4.69) is 20.5 Å². The molecule has 3 rings (SSSR count). The molecule has 144 valence electrons. The molecule has 1 unspecified atom stereocenters. The van der Waals surface area contributed by atoms with Crippen LogP contribution in [0.25, 0.3) is 0 Å². The zero-order valence-corrected chi connectivity index (χ0v) is 16.0. The standard InChI is InChI=1S/C19H25N5O2S/c20-19(26)23-15(16-7-5-11-27-16)12-17(25)22-13-14-6-4-8-21-18(14)24-9-2-1-3-10-24/h4-8,11,15H,1-3,9-10,12-13H2,(H,22,25)(H3,20,23,26). The van der Waals surface area contributed by atoms with Gasteiger partial charge in [0.2, 0.25) is 5.91 Å². The van der Waals surface area contributed by atoms with E-state index in [1.807, 2.05) is 29.6 Å². The molecule has 0 aliphatic carbocycles. The van der Waals surface area contributed by atoms with Crippen LogP contribution in [-0.4, -0.2) is 30.0 Å². The van der Waals surface area contributed by atoms with Gasteiger partial charge in [0, 0.05) is 36.3 Å². The summed E-state index contributed by atoms with van der Waals surface area (Å²) in [7, 11) is 0. The van der Waals surface area contributed by atoms with E-state index < -0.39 is 12.1 Å². The van der Waals surface area contributed by atoms with Crippen LogP contribution in [0.3, 0.4) is 0 Å². The highest BCUT2D eigenvalue weighted by atomic mass is 32.1. The Balaban J connectivity index is 1.61. The van der Waals surface area contributed by atoms with E-state index in [4.69, 9.17) is 5.73 Å². The molecule has 3 heterocycles. The van der Waals surface area contributed by atoms with Crippen LogP contribution in [0.2, 0.25) is 0 Å². The summed E-state index contributed by atoms with van der Waals surface area (Å²) < 4.78 is 0. The molecule has 27 heavy (non-hydrogen) atoms. The van der Waals surface area contributed by atoms with Crippen molar-refractivity contribution in [1.29, 1.82) is 0 Å². The Morgan fingerprint density at radius 2 is 2.04 bits per heavy atom. The van der Waals surface area contributed by atoms with Gasteiger partial charge in [-0.15, -0.1) is 11.3 Å². The van der Waals surface area contributed by atoms with Crippen molar-refractivity contribution in [2.75, 3.05) is 18.0 Å². The Bertz CT molecular complexity index is 759. The van der Waals surface area contributed by atoms with E-state index in [1.165, 1.54) is 30.6 Å². The summed E-state index contributed by atoms with van der Waals surface area (Å²) >= 11 is 1.48. The van der Waals surface area contributed by atoms with E-state index >= 15 is 0 Å². The molecule has 3 amide bonds. The fourth-order valence-corrected chi connectivity index (χ4v) is 4.07. The van der Waals surface area contributed by atoms with E-state index in [9.17, 15) is 9.59 Å². The lowest BCUT2D eigenvalue weighted by Gasteiger charge is -2.29. The van der Waals surface area contributed by atoms with Gasteiger partial charge in [0.15, 0.2) is 0 Å². The average Bonchev–Trinajstić information content (AvgIpc) is 3.21. The van der Waals surface area contributed by atoms with Gasteiger partial charge in [0.25, 0.3) is 0 Å². The molecule has 2 aromatic rings. The normalized spacial score (nSPS) is 15.2. The maximum absolute atomic E-state index is 12.5. The van der Waals surface area contributed by atoms with Crippen molar-refractivity contribution >= 4 is 29.1 Å². The quantitative estimate of drug-likeness (QED) is 0.680. The zero-order chi connectivity index (χ0) is 19.1. The third-order valence-corrected chi connectivity index (χ3v) is 5.58. The third kappa shape index (κ3) is 5.43. The number of thiophene rings is 1. The van der Waals surface area contributed by atoms with Gasteiger partial charge in [-0.2, -0.15) is 0 Å². The van der Waals surface area contributed by atoms with Crippen LogP contribution in [-0.2, 0) is 11.3 Å². The molecule has 0 spiro atoms. The molecule has 0 bridgehead atoms. The second-order valence-corrected chi connectivity index (χ2v) is 7.57. The number of anilines is 1. The van der Waals surface area contributed by atoms with Crippen molar-refractivity contribution in [2.45, 2.75) is 38.3 Å². The molecule has 0 radical (unpaired) electrons. The van der Waals surface area contributed by atoms with E-state index in [-0.39, 0.29) is 12.3 Å². The van der Waals surface area contributed by atoms with E-state index in [0.29, 0.717) is 6.54 Å². The van der Waals surface area contributed by atoms with Gasteiger partial charge in [-0.3, -0.25) is 4.79 Å². The number of amides is 3. The molecule has 0 saturated carbocycles. The number of urea groups is 1. The Kier molecular flexibility index (Phi) is 6.64. The van der Waals surface area contributed by atoms with Crippen LogP contribution >= 0.6 is 11.3 Å². The molecule has 1 aliphatic rings.